The number of carbonyl (C=O) groups is 1. The number of hydrogen-bond acceptors (Lipinski definition) is 5. The van der Waals surface area contributed by atoms with Crippen LogP contribution in [-0.4, -0.2) is 36.0 Å². The number of aliphatic hydroxyl groups is 2. The van der Waals surface area contributed by atoms with Gasteiger partial charge in [-0.15, -0.1) is 0 Å². The van der Waals surface area contributed by atoms with Crippen LogP contribution in [0.2, 0.25) is 0 Å². The highest BCUT2D eigenvalue weighted by Crippen LogP contribution is 2.25. The van der Waals surface area contributed by atoms with Crippen LogP contribution in [0.4, 0.5) is 4.39 Å². The van der Waals surface area contributed by atoms with Gasteiger partial charge in [0.2, 0.25) is 0 Å². The standard InChI is InChI=1S/C12H15FO5/c1-3-18-12(16)11(15)10(14)8-6-7(17-2)4-5-9(8)13/h4-6,10-11,14-15H,3H2,1-2H3. The molecule has 6 heteroatoms. The minimum Gasteiger partial charge on any atom is -0.497 e. The van der Waals surface area contributed by atoms with Crippen LogP contribution in [0.3, 0.4) is 0 Å². The van der Waals surface area contributed by atoms with E-state index < -0.39 is 24.0 Å². The number of aliphatic hydroxyl groups excluding tert-OH is 2. The van der Waals surface area contributed by atoms with E-state index in [4.69, 9.17) is 4.74 Å². The minimum atomic E-state index is -1.84. The molecule has 2 unspecified atom stereocenters. The van der Waals surface area contributed by atoms with Crippen molar-refractivity contribution in [3.63, 3.8) is 0 Å². The lowest BCUT2D eigenvalue weighted by Gasteiger charge is -2.17. The summed E-state index contributed by atoms with van der Waals surface area (Å²) in [4.78, 5) is 11.2. The van der Waals surface area contributed by atoms with E-state index in [1.807, 2.05) is 0 Å². The molecule has 1 rings (SSSR count). The predicted molar refractivity (Wildman–Crippen MR) is 60.6 cm³/mol. The molecule has 0 heterocycles. The van der Waals surface area contributed by atoms with Gasteiger partial charge in [-0.1, -0.05) is 0 Å². The largest absolute Gasteiger partial charge is 0.497 e. The number of ether oxygens (including phenoxy) is 2. The molecule has 0 spiro atoms. The molecular weight excluding hydrogens is 243 g/mol. The van der Waals surface area contributed by atoms with Crippen molar-refractivity contribution in [1.29, 1.82) is 0 Å². The van der Waals surface area contributed by atoms with Gasteiger partial charge in [-0.25, -0.2) is 9.18 Å². The van der Waals surface area contributed by atoms with Crippen LogP contribution < -0.4 is 4.74 Å². The third-order valence-electron chi connectivity index (χ3n) is 2.35. The first-order chi connectivity index (χ1) is 8.51. The lowest BCUT2D eigenvalue weighted by molar-refractivity contribution is -0.159. The molecule has 2 N–H and O–H groups in total. The van der Waals surface area contributed by atoms with Gasteiger partial charge in [-0.05, 0) is 25.1 Å². The Balaban J connectivity index is 2.95. The van der Waals surface area contributed by atoms with Crippen LogP contribution in [0.25, 0.3) is 0 Å². The van der Waals surface area contributed by atoms with Crippen molar-refractivity contribution in [2.45, 2.75) is 19.1 Å². The van der Waals surface area contributed by atoms with Gasteiger partial charge in [0.25, 0.3) is 0 Å². The van der Waals surface area contributed by atoms with Gasteiger partial charge in [0, 0.05) is 5.56 Å². The summed E-state index contributed by atoms with van der Waals surface area (Å²) >= 11 is 0. The van der Waals surface area contributed by atoms with Gasteiger partial charge < -0.3 is 19.7 Å². The fourth-order valence-corrected chi connectivity index (χ4v) is 1.40. The van der Waals surface area contributed by atoms with Crippen LogP contribution in [0.15, 0.2) is 18.2 Å². The second-order valence-electron chi connectivity index (χ2n) is 3.53. The molecule has 0 saturated heterocycles. The zero-order valence-corrected chi connectivity index (χ0v) is 10.1. The lowest BCUT2D eigenvalue weighted by atomic mass is 10.0. The number of esters is 1. The van der Waals surface area contributed by atoms with Crippen molar-refractivity contribution in [1.82, 2.24) is 0 Å². The number of methoxy groups -OCH3 is 1. The van der Waals surface area contributed by atoms with Crippen LogP contribution in [-0.2, 0) is 9.53 Å². The maximum Gasteiger partial charge on any atom is 0.338 e. The van der Waals surface area contributed by atoms with Gasteiger partial charge in [-0.3, -0.25) is 0 Å². The Labute approximate surface area is 104 Å². The van der Waals surface area contributed by atoms with Crippen molar-refractivity contribution < 1.29 is 28.9 Å². The molecule has 0 amide bonds. The number of carbonyl (C=O) groups excluding carboxylic acids is 1. The Bertz CT molecular complexity index is 421. The summed E-state index contributed by atoms with van der Waals surface area (Å²) in [7, 11) is 1.38. The SMILES string of the molecule is CCOC(=O)C(O)C(O)c1cc(OC)ccc1F. The predicted octanol–water partition coefficient (Wildman–Crippen LogP) is 0.792. The van der Waals surface area contributed by atoms with Gasteiger partial charge in [0.15, 0.2) is 6.10 Å². The number of halogens is 1. The van der Waals surface area contributed by atoms with Crippen molar-refractivity contribution in [3.05, 3.63) is 29.6 Å². The second-order valence-corrected chi connectivity index (χ2v) is 3.53. The number of benzene rings is 1. The Kier molecular flexibility index (Phi) is 5.06. The number of hydrogen-bond donors (Lipinski definition) is 2. The molecule has 0 fully saturated rings. The highest BCUT2D eigenvalue weighted by Gasteiger charge is 2.29. The summed E-state index contributed by atoms with van der Waals surface area (Å²) < 4.78 is 22.9. The second kappa shape index (κ2) is 6.32. The third-order valence-corrected chi connectivity index (χ3v) is 2.35. The summed E-state index contributed by atoms with van der Waals surface area (Å²) in [6.45, 7) is 1.62. The van der Waals surface area contributed by atoms with E-state index in [2.05, 4.69) is 4.74 Å². The Morgan fingerprint density at radius 3 is 2.67 bits per heavy atom. The Hall–Kier alpha value is -1.66. The maximum atomic E-state index is 13.5. The van der Waals surface area contributed by atoms with Crippen LogP contribution in [0.1, 0.15) is 18.6 Å². The summed E-state index contributed by atoms with van der Waals surface area (Å²) in [5, 5.41) is 19.3. The van der Waals surface area contributed by atoms with Crippen LogP contribution in [0, 0.1) is 5.82 Å². The van der Waals surface area contributed by atoms with Crippen molar-refractivity contribution >= 4 is 5.97 Å². The first-order valence-electron chi connectivity index (χ1n) is 5.37. The van der Waals surface area contributed by atoms with E-state index in [0.717, 1.165) is 6.07 Å². The summed E-state index contributed by atoms with van der Waals surface area (Å²) in [6, 6.07) is 3.65. The molecule has 2 atom stereocenters. The smallest absolute Gasteiger partial charge is 0.338 e. The zero-order chi connectivity index (χ0) is 13.7. The number of rotatable bonds is 5. The zero-order valence-electron chi connectivity index (χ0n) is 10.1. The van der Waals surface area contributed by atoms with E-state index in [1.165, 1.54) is 19.2 Å². The van der Waals surface area contributed by atoms with Crippen molar-refractivity contribution in [3.8, 4) is 5.75 Å². The lowest BCUT2D eigenvalue weighted by Crippen LogP contribution is -2.30. The van der Waals surface area contributed by atoms with E-state index >= 15 is 0 Å². The van der Waals surface area contributed by atoms with Gasteiger partial charge in [0.1, 0.15) is 17.7 Å². The molecule has 0 aliphatic heterocycles. The van der Waals surface area contributed by atoms with E-state index in [-0.39, 0.29) is 12.2 Å². The van der Waals surface area contributed by atoms with Gasteiger partial charge in [-0.2, -0.15) is 0 Å². The van der Waals surface area contributed by atoms with E-state index in [0.29, 0.717) is 5.75 Å². The molecule has 1 aromatic carbocycles. The molecule has 100 valence electrons. The molecule has 0 aliphatic carbocycles. The molecule has 0 aromatic heterocycles. The monoisotopic (exact) mass is 258 g/mol. The Morgan fingerprint density at radius 1 is 1.44 bits per heavy atom. The average molecular weight is 258 g/mol. The maximum absolute atomic E-state index is 13.5. The topological polar surface area (TPSA) is 76.0 Å². The molecule has 0 radical (unpaired) electrons. The molecule has 0 aliphatic rings. The first-order valence-corrected chi connectivity index (χ1v) is 5.37. The summed E-state index contributed by atoms with van der Waals surface area (Å²) in [5.41, 5.74) is -0.227. The fourth-order valence-electron chi connectivity index (χ4n) is 1.40. The highest BCUT2D eigenvalue weighted by molar-refractivity contribution is 5.75. The summed E-state index contributed by atoms with van der Waals surface area (Å²) in [6.07, 6.45) is -3.55. The Morgan fingerprint density at radius 2 is 2.11 bits per heavy atom. The highest BCUT2D eigenvalue weighted by atomic mass is 19.1. The molecule has 1 aromatic rings. The van der Waals surface area contributed by atoms with Crippen LogP contribution >= 0.6 is 0 Å². The molecule has 5 nitrogen and oxygen atoms in total. The van der Waals surface area contributed by atoms with Crippen molar-refractivity contribution in [2.75, 3.05) is 13.7 Å². The molecule has 0 saturated carbocycles. The fraction of sp³-hybridized carbons (Fsp3) is 0.417. The van der Waals surface area contributed by atoms with Crippen molar-refractivity contribution in [2.24, 2.45) is 0 Å². The summed E-state index contributed by atoms with van der Waals surface area (Å²) in [5.74, 6) is -1.44. The molecular formula is C12H15FO5. The average Bonchev–Trinajstić information content (AvgIpc) is 2.38. The molecule has 18 heavy (non-hydrogen) atoms. The molecule has 0 bridgehead atoms. The van der Waals surface area contributed by atoms with Gasteiger partial charge >= 0.3 is 5.97 Å². The van der Waals surface area contributed by atoms with E-state index in [1.54, 1.807) is 6.92 Å². The van der Waals surface area contributed by atoms with Gasteiger partial charge in [0.05, 0.1) is 13.7 Å². The quantitative estimate of drug-likeness (QED) is 0.764. The van der Waals surface area contributed by atoms with E-state index in [9.17, 15) is 19.4 Å². The minimum absolute atomic E-state index is 0.0587. The van der Waals surface area contributed by atoms with Crippen LogP contribution in [0.5, 0.6) is 5.75 Å². The third kappa shape index (κ3) is 3.18. The normalized spacial score (nSPS) is 13.8. The first kappa shape index (κ1) is 14.4.